The second-order valence-corrected chi connectivity index (χ2v) is 5.53. The number of aromatic carboxylic acids is 1. The molecule has 1 aliphatic rings. The van der Waals surface area contributed by atoms with Gasteiger partial charge in [-0.2, -0.15) is 0 Å². The molecular weight excluding hydrogens is 246 g/mol. The molecule has 0 unspecified atom stereocenters. The third kappa shape index (κ3) is 3.68. The smallest absolute Gasteiger partial charge is 0.346 e. The number of hydrogen-bond acceptors (Lipinski definition) is 3. The Balaban J connectivity index is 1.73. The van der Waals surface area contributed by atoms with Gasteiger partial charge in [0.05, 0.1) is 0 Å². The lowest BCUT2D eigenvalue weighted by atomic mass is 9.97. The number of rotatable bonds is 6. The van der Waals surface area contributed by atoms with Crippen molar-refractivity contribution in [1.82, 2.24) is 5.32 Å². The van der Waals surface area contributed by atoms with Crippen LogP contribution in [0.25, 0.3) is 0 Å². The minimum atomic E-state index is -0.822. The highest BCUT2D eigenvalue weighted by Crippen LogP contribution is 2.20. The van der Waals surface area contributed by atoms with Crippen molar-refractivity contribution in [2.24, 2.45) is 0 Å². The number of nitrogens with one attached hydrogen (secondary N) is 1. The molecule has 1 heterocycles. The molecule has 0 aliphatic heterocycles. The highest BCUT2D eigenvalue weighted by molar-refractivity contribution is 7.12. The van der Waals surface area contributed by atoms with E-state index in [1.807, 2.05) is 11.4 Å². The van der Waals surface area contributed by atoms with E-state index >= 15 is 0 Å². The molecule has 0 aromatic carbocycles. The fourth-order valence-corrected chi connectivity index (χ4v) is 3.03. The Morgan fingerprint density at radius 3 is 3.06 bits per heavy atom. The van der Waals surface area contributed by atoms with Crippen LogP contribution < -0.4 is 5.32 Å². The van der Waals surface area contributed by atoms with Gasteiger partial charge in [-0.1, -0.05) is 11.6 Å². The average Bonchev–Trinajstić information content (AvgIpc) is 2.84. The van der Waals surface area contributed by atoms with Gasteiger partial charge in [0.15, 0.2) is 0 Å². The maximum Gasteiger partial charge on any atom is 0.346 e. The standard InChI is InChI=1S/C14H19NO2S/c16-14(17)13-12(7-9-18-13)10-15-8-6-11-4-2-1-3-5-11/h4,7,9,15H,1-3,5-6,8,10H2,(H,16,17). The molecule has 0 atom stereocenters. The highest BCUT2D eigenvalue weighted by Gasteiger charge is 2.10. The lowest BCUT2D eigenvalue weighted by Gasteiger charge is -2.12. The quantitative estimate of drug-likeness (QED) is 0.612. The van der Waals surface area contributed by atoms with Gasteiger partial charge in [0.2, 0.25) is 0 Å². The average molecular weight is 265 g/mol. The minimum absolute atomic E-state index is 0.458. The van der Waals surface area contributed by atoms with E-state index in [4.69, 9.17) is 5.11 Å². The number of thiophene rings is 1. The van der Waals surface area contributed by atoms with Crippen molar-refractivity contribution in [3.63, 3.8) is 0 Å². The summed E-state index contributed by atoms with van der Waals surface area (Å²) in [6, 6.07) is 1.89. The first-order valence-electron chi connectivity index (χ1n) is 6.45. The van der Waals surface area contributed by atoms with Gasteiger partial charge in [-0.15, -0.1) is 11.3 Å². The second kappa shape index (κ2) is 6.71. The summed E-state index contributed by atoms with van der Waals surface area (Å²) in [6.07, 6.45) is 8.56. The van der Waals surface area contributed by atoms with E-state index in [2.05, 4.69) is 11.4 Å². The van der Waals surface area contributed by atoms with Crippen molar-refractivity contribution in [3.05, 3.63) is 33.5 Å². The van der Waals surface area contributed by atoms with Crippen LogP contribution in [-0.4, -0.2) is 17.6 Å². The minimum Gasteiger partial charge on any atom is -0.477 e. The molecule has 2 rings (SSSR count). The molecule has 1 aliphatic carbocycles. The third-order valence-electron chi connectivity index (χ3n) is 3.26. The molecule has 3 nitrogen and oxygen atoms in total. The molecule has 0 saturated carbocycles. The molecular formula is C14H19NO2S. The summed E-state index contributed by atoms with van der Waals surface area (Å²) >= 11 is 1.29. The molecule has 0 bridgehead atoms. The number of carboxylic acids is 1. The fraction of sp³-hybridized carbons (Fsp3) is 0.500. The summed E-state index contributed by atoms with van der Waals surface area (Å²) in [6.45, 7) is 1.58. The Bertz CT molecular complexity index is 437. The van der Waals surface area contributed by atoms with Crippen molar-refractivity contribution in [3.8, 4) is 0 Å². The zero-order chi connectivity index (χ0) is 12.8. The molecule has 0 radical (unpaired) electrons. The Labute approximate surface area is 112 Å². The molecule has 2 N–H and O–H groups in total. The predicted molar refractivity (Wildman–Crippen MR) is 74.2 cm³/mol. The first-order chi connectivity index (χ1) is 8.77. The van der Waals surface area contributed by atoms with Crippen LogP contribution in [0.3, 0.4) is 0 Å². The van der Waals surface area contributed by atoms with E-state index < -0.39 is 5.97 Å². The van der Waals surface area contributed by atoms with Crippen LogP contribution in [-0.2, 0) is 6.54 Å². The van der Waals surface area contributed by atoms with Crippen molar-refractivity contribution < 1.29 is 9.90 Å². The van der Waals surface area contributed by atoms with Gasteiger partial charge in [0.25, 0.3) is 0 Å². The Hall–Kier alpha value is -1.13. The maximum absolute atomic E-state index is 10.9. The van der Waals surface area contributed by atoms with Crippen molar-refractivity contribution in [1.29, 1.82) is 0 Å². The number of carboxylic acid groups (broad SMARTS) is 1. The fourth-order valence-electron chi connectivity index (χ4n) is 2.27. The molecule has 4 heteroatoms. The summed E-state index contributed by atoms with van der Waals surface area (Å²) in [4.78, 5) is 11.4. The zero-order valence-corrected chi connectivity index (χ0v) is 11.3. The SMILES string of the molecule is O=C(O)c1sccc1CNCCC1=CCCCC1. The lowest BCUT2D eigenvalue weighted by Crippen LogP contribution is -2.16. The Morgan fingerprint density at radius 2 is 2.33 bits per heavy atom. The topological polar surface area (TPSA) is 49.3 Å². The normalized spacial score (nSPS) is 15.4. The Morgan fingerprint density at radius 1 is 1.44 bits per heavy atom. The monoisotopic (exact) mass is 265 g/mol. The van der Waals surface area contributed by atoms with E-state index in [9.17, 15) is 4.79 Å². The van der Waals surface area contributed by atoms with Crippen molar-refractivity contribution >= 4 is 17.3 Å². The van der Waals surface area contributed by atoms with Crippen molar-refractivity contribution in [2.45, 2.75) is 38.6 Å². The number of carbonyl (C=O) groups is 1. The number of hydrogen-bond donors (Lipinski definition) is 2. The van der Waals surface area contributed by atoms with Crippen LogP contribution in [0.1, 0.15) is 47.3 Å². The van der Waals surface area contributed by atoms with Crippen LogP contribution in [0.5, 0.6) is 0 Å². The molecule has 0 amide bonds. The van der Waals surface area contributed by atoms with Crippen LogP contribution in [0.2, 0.25) is 0 Å². The van der Waals surface area contributed by atoms with E-state index in [-0.39, 0.29) is 0 Å². The summed E-state index contributed by atoms with van der Waals surface area (Å²) in [5, 5.41) is 14.2. The van der Waals surface area contributed by atoms with Crippen LogP contribution in [0.4, 0.5) is 0 Å². The van der Waals surface area contributed by atoms with Gasteiger partial charge in [-0.3, -0.25) is 0 Å². The molecule has 98 valence electrons. The Kier molecular flexibility index (Phi) is 4.96. The summed E-state index contributed by atoms with van der Waals surface area (Å²) < 4.78 is 0. The van der Waals surface area contributed by atoms with Gasteiger partial charge in [0, 0.05) is 6.54 Å². The largest absolute Gasteiger partial charge is 0.477 e. The van der Waals surface area contributed by atoms with Gasteiger partial charge >= 0.3 is 5.97 Å². The van der Waals surface area contributed by atoms with Crippen LogP contribution >= 0.6 is 11.3 Å². The van der Waals surface area contributed by atoms with Crippen LogP contribution in [0, 0.1) is 0 Å². The molecule has 0 saturated heterocycles. The van der Waals surface area contributed by atoms with E-state index in [0.29, 0.717) is 11.4 Å². The first kappa shape index (κ1) is 13.3. The van der Waals surface area contributed by atoms with E-state index in [1.165, 1.54) is 37.0 Å². The summed E-state index contributed by atoms with van der Waals surface area (Å²) in [5.41, 5.74) is 2.45. The predicted octanol–water partition coefficient (Wildman–Crippen LogP) is 3.43. The van der Waals surface area contributed by atoms with E-state index in [0.717, 1.165) is 18.5 Å². The first-order valence-corrected chi connectivity index (χ1v) is 7.33. The van der Waals surface area contributed by atoms with Crippen molar-refractivity contribution in [2.75, 3.05) is 6.54 Å². The molecule has 0 fully saturated rings. The van der Waals surface area contributed by atoms with Gasteiger partial charge in [-0.25, -0.2) is 4.79 Å². The third-order valence-corrected chi connectivity index (χ3v) is 4.21. The van der Waals surface area contributed by atoms with Gasteiger partial charge in [-0.05, 0) is 55.7 Å². The van der Waals surface area contributed by atoms with Gasteiger partial charge < -0.3 is 10.4 Å². The van der Waals surface area contributed by atoms with Crippen LogP contribution in [0.15, 0.2) is 23.1 Å². The summed E-state index contributed by atoms with van der Waals surface area (Å²) in [7, 11) is 0. The highest BCUT2D eigenvalue weighted by atomic mass is 32.1. The molecule has 18 heavy (non-hydrogen) atoms. The zero-order valence-electron chi connectivity index (χ0n) is 10.4. The molecule has 0 spiro atoms. The summed E-state index contributed by atoms with van der Waals surface area (Å²) in [5.74, 6) is -0.822. The second-order valence-electron chi connectivity index (χ2n) is 4.62. The van der Waals surface area contributed by atoms with E-state index in [1.54, 1.807) is 5.57 Å². The maximum atomic E-state index is 10.9. The number of allylic oxidation sites excluding steroid dienone is 1. The molecule has 1 aromatic heterocycles. The lowest BCUT2D eigenvalue weighted by molar-refractivity contribution is 0.0701. The molecule has 1 aromatic rings. The van der Waals surface area contributed by atoms with Gasteiger partial charge in [0.1, 0.15) is 4.88 Å².